The Hall–Kier alpha value is -0.870. The Morgan fingerprint density at radius 3 is 2.80 bits per heavy atom. The number of carbonyl (C=O) groups excluding carboxylic acids is 1. The molecule has 0 aromatic rings. The maximum absolute atomic E-state index is 10.9. The fourth-order valence-corrected chi connectivity index (χ4v) is 1.75. The molecule has 0 atom stereocenters. The number of morpholine rings is 1. The van der Waals surface area contributed by atoms with Gasteiger partial charge in [0.2, 0.25) is 5.91 Å². The third-order valence-electron chi connectivity index (χ3n) is 2.91. The van der Waals surface area contributed by atoms with E-state index in [0.29, 0.717) is 0 Å². The second kappa shape index (κ2) is 5.88. The van der Waals surface area contributed by atoms with Gasteiger partial charge in [0.25, 0.3) is 0 Å². The fraction of sp³-hybridized carbons (Fsp3) is 0.727. The van der Waals surface area contributed by atoms with E-state index in [2.05, 4.69) is 18.9 Å². The van der Waals surface area contributed by atoms with Crippen molar-refractivity contribution in [3.8, 4) is 0 Å². The van der Waals surface area contributed by atoms with E-state index in [0.717, 1.165) is 50.3 Å². The molecule has 0 aromatic heterocycles. The van der Waals surface area contributed by atoms with Gasteiger partial charge >= 0.3 is 0 Å². The second-order valence-electron chi connectivity index (χ2n) is 4.25. The predicted molar refractivity (Wildman–Crippen MR) is 59.4 cm³/mol. The van der Waals surface area contributed by atoms with E-state index >= 15 is 0 Å². The summed E-state index contributed by atoms with van der Waals surface area (Å²) in [5.74, 6) is -0.0837. The van der Waals surface area contributed by atoms with Gasteiger partial charge in [-0.25, -0.2) is 0 Å². The van der Waals surface area contributed by atoms with Gasteiger partial charge in [0.05, 0.1) is 26.8 Å². The first-order valence-electron chi connectivity index (χ1n) is 5.48. The van der Waals surface area contributed by atoms with Crippen molar-refractivity contribution in [3.63, 3.8) is 0 Å². The van der Waals surface area contributed by atoms with Gasteiger partial charge in [0, 0.05) is 13.0 Å². The first-order valence-corrected chi connectivity index (χ1v) is 5.48. The van der Waals surface area contributed by atoms with E-state index in [-0.39, 0.29) is 5.91 Å². The van der Waals surface area contributed by atoms with Gasteiger partial charge in [-0.15, -0.1) is 0 Å². The molecule has 1 saturated heterocycles. The molecule has 1 amide bonds. The van der Waals surface area contributed by atoms with Crippen LogP contribution in [0.4, 0.5) is 0 Å². The monoisotopic (exact) mass is 213 g/mol. The highest BCUT2D eigenvalue weighted by Gasteiger charge is 2.24. The molecule has 0 bridgehead atoms. The standard InChI is InChI=1S/C11H20N2O2/c1-3-11(14)12-5-4-6-13(2)7-9-15-10-8-13/h3H,1,4-10H2,2H3/p+1. The molecule has 0 radical (unpaired) electrons. The molecular weight excluding hydrogens is 192 g/mol. The van der Waals surface area contributed by atoms with Crippen LogP contribution in [-0.4, -0.2) is 56.8 Å². The van der Waals surface area contributed by atoms with Gasteiger partial charge in [-0.05, 0) is 6.08 Å². The largest absolute Gasteiger partial charge is 0.370 e. The zero-order chi connectivity index (χ0) is 11.1. The molecular formula is C11H21N2O2+. The van der Waals surface area contributed by atoms with Gasteiger partial charge < -0.3 is 14.5 Å². The maximum Gasteiger partial charge on any atom is 0.243 e. The molecule has 1 fully saturated rings. The van der Waals surface area contributed by atoms with Crippen molar-refractivity contribution in [3.05, 3.63) is 12.7 Å². The number of quaternary nitrogens is 1. The second-order valence-corrected chi connectivity index (χ2v) is 4.25. The molecule has 1 aliphatic rings. The summed E-state index contributed by atoms with van der Waals surface area (Å²) in [5, 5.41) is 2.79. The molecule has 0 saturated carbocycles. The average Bonchev–Trinajstić information content (AvgIpc) is 2.25. The lowest BCUT2D eigenvalue weighted by Crippen LogP contribution is -2.52. The van der Waals surface area contributed by atoms with E-state index in [1.807, 2.05) is 0 Å². The van der Waals surface area contributed by atoms with Crippen LogP contribution >= 0.6 is 0 Å². The number of likely N-dealkylation sites (N-methyl/N-ethyl adjacent to an activating group) is 1. The molecule has 0 unspecified atom stereocenters. The highest BCUT2D eigenvalue weighted by Crippen LogP contribution is 2.07. The van der Waals surface area contributed by atoms with Crippen LogP contribution in [0, 0.1) is 0 Å². The van der Waals surface area contributed by atoms with E-state index in [9.17, 15) is 4.79 Å². The minimum absolute atomic E-state index is 0.0837. The lowest BCUT2D eigenvalue weighted by atomic mass is 10.3. The van der Waals surface area contributed by atoms with Crippen molar-refractivity contribution in [1.29, 1.82) is 0 Å². The van der Waals surface area contributed by atoms with E-state index in [4.69, 9.17) is 4.74 Å². The topological polar surface area (TPSA) is 38.3 Å². The summed E-state index contributed by atoms with van der Waals surface area (Å²) in [4.78, 5) is 10.9. The number of hydrogen-bond acceptors (Lipinski definition) is 2. The molecule has 1 N–H and O–H groups in total. The molecule has 1 aliphatic heterocycles. The van der Waals surface area contributed by atoms with Gasteiger partial charge in [0.15, 0.2) is 0 Å². The minimum atomic E-state index is -0.0837. The Kier molecular flexibility index (Phi) is 4.78. The number of nitrogens with one attached hydrogen (secondary N) is 1. The number of nitrogens with zero attached hydrogens (tertiary/aromatic N) is 1. The zero-order valence-electron chi connectivity index (χ0n) is 9.50. The van der Waals surface area contributed by atoms with Crippen molar-refractivity contribution in [2.24, 2.45) is 0 Å². The maximum atomic E-state index is 10.9. The molecule has 86 valence electrons. The van der Waals surface area contributed by atoms with E-state index < -0.39 is 0 Å². The van der Waals surface area contributed by atoms with Crippen LogP contribution in [0.1, 0.15) is 6.42 Å². The van der Waals surface area contributed by atoms with Crippen LogP contribution in [0.25, 0.3) is 0 Å². The van der Waals surface area contributed by atoms with Crippen molar-refractivity contribution in [2.45, 2.75) is 6.42 Å². The Morgan fingerprint density at radius 2 is 2.20 bits per heavy atom. The fourth-order valence-electron chi connectivity index (χ4n) is 1.75. The summed E-state index contributed by atoms with van der Waals surface area (Å²) in [6.07, 6.45) is 2.32. The smallest absolute Gasteiger partial charge is 0.243 e. The van der Waals surface area contributed by atoms with Crippen molar-refractivity contribution in [1.82, 2.24) is 5.32 Å². The molecule has 0 aliphatic carbocycles. The third kappa shape index (κ3) is 4.44. The lowest BCUT2D eigenvalue weighted by molar-refractivity contribution is -0.916. The van der Waals surface area contributed by atoms with Crippen LogP contribution in [0.2, 0.25) is 0 Å². The summed E-state index contributed by atoms with van der Waals surface area (Å²) in [5.41, 5.74) is 0. The van der Waals surface area contributed by atoms with Gasteiger partial charge in [-0.3, -0.25) is 4.79 Å². The Bertz CT molecular complexity index is 223. The predicted octanol–water partition coefficient (Wildman–Crippen LogP) is 0.156. The molecule has 1 rings (SSSR count). The lowest BCUT2D eigenvalue weighted by Gasteiger charge is -2.37. The molecule has 4 nitrogen and oxygen atoms in total. The summed E-state index contributed by atoms with van der Waals surface area (Å²) < 4.78 is 6.39. The van der Waals surface area contributed by atoms with Crippen LogP contribution in [0.3, 0.4) is 0 Å². The van der Waals surface area contributed by atoms with Crippen LogP contribution in [0.5, 0.6) is 0 Å². The van der Waals surface area contributed by atoms with Gasteiger partial charge in [-0.2, -0.15) is 0 Å². The molecule has 4 heteroatoms. The molecule has 0 aromatic carbocycles. The average molecular weight is 213 g/mol. The highest BCUT2D eigenvalue weighted by atomic mass is 16.5. The first-order chi connectivity index (χ1) is 7.16. The number of rotatable bonds is 5. The summed E-state index contributed by atoms with van der Waals surface area (Å²) in [6.45, 7) is 9.11. The summed E-state index contributed by atoms with van der Waals surface area (Å²) in [6, 6.07) is 0. The summed E-state index contributed by atoms with van der Waals surface area (Å²) in [7, 11) is 2.25. The minimum Gasteiger partial charge on any atom is -0.370 e. The Labute approximate surface area is 91.5 Å². The third-order valence-corrected chi connectivity index (χ3v) is 2.91. The molecule has 1 heterocycles. The quantitative estimate of drug-likeness (QED) is 0.401. The van der Waals surface area contributed by atoms with Crippen LogP contribution < -0.4 is 5.32 Å². The molecule has 0 spiro atoms. The van der Waals surface area contributed by atoms with Crippen LogP contribution in [-0.2, 0) is 9.53 Å². The molecule has 15 heavy (non-hydrogen) atoms. The van der Waals surface area contributed by atoms with E-state index in [1.165, 1.54) is 6.08 Å². The highest BCUT2D eigenvalue weighted by molar-refractivity contribution is 5.86. The zero-order valence-corrected chi connectivity index (χ0v) is 9.50. The number of carbonyl (C=O) groups is 1. The van der Waals surface area contributed by atoms with E-state index in [1.54, 1.807) is 0 Å². The SMILES string of the molecule is C=CC(=O)NCCC[N+]1(C)CCOCC1. The van der Waals surface area contributed by atoms with Crippen LogP contribution in [0.15, 0.2) is 12.7 Å². The van der Waals surface area contributed by atoms with Gasteiger partial charge in [-0.1, -0.05) is 6.58 Å². The normalized spacial score (nSPS) is 19.5. The van der Waals surface area contributed by atoms with Crippen molar-refractivity contribution in [2.75, 3.05) is 46.4 Å². The Morgan fingerprint density at radius 1 is 1.53 bits per heavy atom. The van der Waals surface area contributed by atoms with Crippen molar-refractivity contribution >= 4 is 5.91 Å². The Balaban J connectivity index is 2.13. The van der Waals surface area contributed by atoms with Crippen molar-refractivity contribution < 1.29 is 14.0 Å². The first kappa shape index (κ1) is 12.2. The number of amides is 1. The number of hydrogen-bond donors (Lipinski definition) is 1. The van der Waals surface area contributed by atoms with Gasteiger partial charge in [0.1, 0.15) is 13.1 Å². The number of ether oxygens (including phenoxy) is 1. The summed E-state index contributed by atoms with van der Waals surface area (Å²) >= 11 is 0.